The van der Waals surface area contributed by atoms with Gasteiger partial charge in [0.05, 0.1) is 0 Å². The van der Waals surface area contributed by atoms with E-state index in [0.717, 1.165) is 24.2 Å². The first-order chi connectivity index (χ1) is 8.53. The summed E-state index contributed by atoms with van der Waals surface area (Å²) in [5.41, 5.74) is 0.572. The van der Waals surface area contributed by atoms with Crippen molar-refractivity contribution in [2.45, 2.75) is 89.4 Å². The summed E-state index contributed by atoms with van der Waals surface area (Å²) in [5, 5.41) is 3.77. The zero-order chi connectivity index (χ0) is 12.8. The molecule has 0 aromatic rings. The van der Waals surface area contributed by atoms with Gasteiger partial charge in [0.1, 0.15) is 0 Å². The number of rotatable bonds is 2. The van der Waals surface area contributed by atoms with E-state index in [9.17, 15) is 0 Å². The molecule has 3 unspecified atom stereocenters. The highest BCUT2D eigenvalue weighted by Crippen LogP contribution is 2.39. The third-order valence-electron chi connectivity index (χ3n) is 5.78. The molecule has 2 aliphatic heterocycles. The molecule has 3 fully saturated rings. The van der Waals surface area contributed by atoms with Crippen molar-refractivity contribution in [1.82, 2.24) is 10.2 Å². The SMILES string of the molecule is CN(C1CC2CCC(C1)N2)C1CCCC(C)(C)C1. The standard InChI is InChI=1S/C16H30N2/c1-16(2)8-4-5-14(11-16)18(3)15-9-12-6-7-13(10-15)17-12/h12-15,17H,4-11H2,1-3H3. The molecule has 1 N–H and O–H groups in total. The van der Waals surface area contributed by atoms with Gasteiger partial charge in [0, 0.05) is 24.2 Å². The average Bonchev–Trinajstić information content (AvgIpc) is 2.66. The van der Waals surface area contributed by atoms with Crippen molar-refractivity contribution in [3.8, 4) is 0 Å². The van der Waals surface area contributed by atoms with Crippen molar-refractivity contribution in [3.63, 3.8) is 0 Å². The van der Waals surface area contributed by atoms with Crippen LogP contribution < -0.4 is 5.32 Å². The molecule has 0 aromatic heterocycles. The van der Waals surface area contributed by atoms with Crippen LogP contribution in [-0.2, 0) is 0 Å². The lowest BCUT2D eigenvalue weighted by atomic mass is 9.74. The second-order valence-corrected chi connectivity index (χ2v) is 7.84. The van der Waals surface area contributed by atoms with Crippen LogP contribution in [0.25, 0.3) is 0 Å². The Bertz CT molecular complexity index is 285. The molecule has 1 saturated carbocycles. The fraction of sp³-hybridized carbons (Fsp3) is 1.00. The summed E-state index contributed by atoms with van der Waals surface area (Å²) in [4.78, 5) is 2.76. The summed E-state index contributed by atoms with van der Waals surface area (Å²) in [7, 11) is 2.40. The largest absolute Gasteiger partial charge is 0.311 e. The highest BCUT2D eigenvalue weighted by molar-refractivity contribution is 4.97. The summed E-state index contributed by atoms with van der Waals surface area (Å²) in [6.07, 6.45) is 11.3. The van der Waals surface area contributed by atoms with Crippen molar-refractivity contribution < 1.29 is 0 Å². The lowest BCUT2D eigenvalue weighted by molar-refractivity contribution is 0.0621. The van der Waals surface area contributed by atoms with E-state index in [0.29, 0.717) is 5.41 Å². The fourth-order valence-corrected chi connectivity index (χ4v) is 4.66. The smallest absolute Gasteiger partial charge is 0.0125 e. The molecule has 3 atom stereocenters. The molecule has 1 aliphatic carbocycles. The van der Waals surface area contributed by atoms with Crippen molar-refractivity contribution in [2.75, 3.05) is 7.05 Å². The number of nitrogens with zero attached hydrogens (tertiary/aromatic N) is 1. The summed E-state index contributed by atoms with van der Waals surface area (Å²) in [5.74, 6) is 0. The van der Waals surface area contributed by atoms with Crippen molar-refractivity contribution in [3.05, 3.63) is 0 Å². The molecule has 18 heavy (non-hydrogen) atoms. The zero-order valence-corrected chi connectivity index (χ0v) is 12.4. The van der Waals surface area contributed by atoms with Crippen LogP contribution in [-0.4, -0.2) is 36.1 Å². The van der Waals surface area contributed by atoms with Crippen LogP contribution in [0, 0.1) is 5.41 Å². The van der Waals surface area contributed by atoms with E-state index in [1.807, 2.05) is 0 Å². The van der Waals surface area contributed by atoms with E-state index in [2.05, 4.69) is 31.1 Å². The fourth-order valence-electron chi connectivity index (χ4n) is 4.66. The molecule has 0 spiro atoms. The Morgan fingerprint density at radius 3 is 2.28 bits per heavy atom. The first-order valence-corrected chi connectivity index (χ1v) is 8.01. The normalized spacial score (nSPS) is 43.3. The van der Waals surface area contributed by atoms with Gasteiger partial charge in [0.25, 0.3) is 0 Å². The number of fused-ring (bicyclic) bond motifs is 2. The van der Waals surface area contributed by atoms with Crippen LogP contribution in [0.15, 0.2) is 0 Å². The van der Waals surface area contributed by atoms with Crippen molar-refractivity contribution >= 4 is 0 Å². The lowest BCUT2D eigenvalue weighted by Gasteiger charge is -2.45. The number of piperidine rings is 1. The van der Waals surface area contributed by atoms with E-state index in [-0.39, 0.29) is 0 Å². The molecule has 2 nitrogen and oxygen atoms in total. The second-order valence-electron chi connectivity index (χ2n) is 7.84. The van der Waals surface area contributed by atoms with Gasteiger partial charge in [-0.2, -0.15) is 0 Å². The van der Waals surface area contributed by atoms with Gasteiger partial charge in [-0.05, 0) is 57.4 Å². The molecule has 104 valence electrons. The summed E-state index contributed by atoms with van der Waals surface area (Å²) >= 11 is 0. The third kappa shape index (κ3) is 2.60. The molecule has 0 aromatic carbocycles. The Balaban J connectivity index is 1.62. The van der Waals surface area contributed by atoms with E-state index < -0.39 is 0 Å². The Kier molecular flexibility index (Phi) is 3.44. The minimum atomic E-state index is 0.572. The van der Waals surface area contributed by atoms with Crippen LogP contribution in [0.4, 0.5) is 0 Å². The van der Waals surface area contributed by atoms with Crippen molar-refractivity contribution in [2.24, 2.45) is 5.41 Å². The van der Waals surface area contributed by atoms with Gasteiger partial charge in [-0.3, -0.25) is 0 Å². The molecular formula is C16H30N2. The summed E-state index contributed by atoms with van der Waals surface area (Å²) < 4.78 is 0. The lowest BCUT2D eigenvalue weighted by Crippen LogP contribution is -2.51. The summed E-state index contributed by atoms with van der Waals surface area (Å²) in [6.45, 7) is 4.91. The van der Waals surface area contributed by atoms with Gasteiger partial charge < -0.3 is 10.2 Å². The van der Waals surface area contributed by atoms with Gasteiger partial charge >= 0.3 is 0 Å². The Labute approximate surface area is 113 Å². The quantitative estimate of drug-likeness (QED) is 0.810. The molecule has 0 amide bonds. The predicted molar refractivity (Wildman–Crippen MR) is 76.8 cm³/mol. The summed E-state index contributed by atoms with van der Waals surface area (Å²) in [6, 6.07) is 3.35. The third-order valence-corrected chi connectivity index (χ3v) is 5.78. The predicted octanol–water partition coefficient (Wildman–Crippen LogP) is 3.17. The van der Waals surface area contributed by atoms with Gasteiger partial charge in [0.15, 0.2) is 0 Å². The molecule has 2 bridgehead atoms. The van der Waals surface area contributed by atoms with Crippen LogP contribution in [0.1, 0.15) is 65.2 Å². The van der Waals surface area contributed by atoms with Gasteiger partial charge in [0.2, 0.25) is 0 Å². The van der Waals surface area contributed by atoms with E-state index in [4.69, 9.17) is 0 Å². The molecule has 2 heteroatoms. The molecule has 3 rings (SSSR count). The van der Waals surface area contributed by atoms with Crippen molar-refractivity contribution in [1.29, 1.82) is 0 Å². The second kappa shape index (κ2) is 4.79. The number of hydrogen-bond acceptors (Lipinski definition) is 2. The van der Waals surface area contributed by atoms with E-state index in [1.54, 1.807) is 0 Å². The number of nitrogens with one attached hydrogen (secondary N) is 1. The van der Waals surface area contributed by atoms with E-state index >= 15 is 0 Å². The molecule has 2 saturated heterocycles. The Morgan fingerprint density at radius 2 is 1.67 bits per heavy atom. The Morgan fingerprint density at radius 1 is 1.00 bits per heavy atom. The molecule has 0 radical (unpaired) electrons. The highest BCUT2D eigenvalue weighted by Gasteiger charge is 2.38. The van der Waals surface area contributed by atoms with Gasteiger partial charge in [-0.15, -0.1) is 0 Å². The molecular weight excluding hydrogens is 220 g/mol. The van der Waals surface area contributed by atoms with Crippen LogP contribution >= 0.6 is 0 Å². The molecule has 3 aliphatic rings. The average molecular weight is 250 g/mol. The van der Waals surface area contributed by atoms with Crippen LogP contribution in [0.5, 0.6) is 0 Å². The van der Waals surface area contributed by atoms with Crippen LogP contribution in [0.3, 0.4) is 0 Å². The maximum absolute atomic E-state index is 3.77. The van der Waals surface area contributed by atoms with E-state index in [1.165, 1.54) is 51.4 Å². The number of hydrogen-bond donors (Lipinski definition) is 1. The maximum atomic E-state index is 3.77. The minimum Gasteiger partial charge on any atom is -0.311 e. The van der Waals surface area contributed by atoms with Crippen LogP contribution in [0.2, 0.25) is 0 Å². The maximum Gasteiger partial charge on any atom is 0.0125 e. The zero-order valence-electron chi connectivity index (χ0n) is 12.4. The first kappa shape index (κ1) is 12.9. The topological polar surface area (TPSA) is 15.3 Å². The highest BCUT2D eigenvalue weighted by atomic mass is 15.2. The molecule has 2 heterocycles. The van der Waals surface area contributed by atoms with Gasteiger partial charge in [-0.1, -0.05) is 20.3 Å². The minimum absolute atomic E-state index is 0.572. The monoisotopic (exact) mass is 250 g/mol. The first-order valence-electron chi connectivity index (χ1n) is 8.01. The Hall–Kier alpha value is -0.0800. The van der Waals surface area contributed by atoms with Gasteiger partial charge in [-0.25, -0.2) is 0 Å².